The van der Waals surface area contributed by atoms with Crippen molar-refractivity contribution in [2.45, 2.75) is 30.6 Å². The van der Waals surface area contributed by atoms with Crippen molar-refractivity contribution in [1.82, 2.24) is 24.9 Å². The van der Waals surface area contributed by atoms with Crippen molar-refractivity contribution in [3.05, 3.63) is 65.4 Å². The zero-order valence-corrected chi connectivity index (χ0v) is 23.8. The second-order valence-electron chi connectivity index (χ2n) is 9.96. The van der Waals surface area contributed by atoms with Gasteiger partial charge in [0.2, 0.25) is 16.0 Å². The molecule has 2 aliphatic rings. The number of anilines is 4. The summed E-state index contributed by atoms with van der Waals surface area (Å²) < 4.78 is 73.4. The van der Waals surface area contributed by atoms with Crippen LogP contribution in [0.5, 0.6) is 0 Å². The first kappa shape index (κ1) is 30.5. The van der Waals surface area contributed by atoms with Gasteiger partial charge in [-0.3, -0.25) is 4.90 Å². The van der Waals surface area contributed by atoms with Crippen LogP contribution in [-0.2, 0) is 34.0 Å². The average Bonchev–Trinajstić information content (AvgIpc) is 2.97. The zero-order chi connectivity index (χ0) is 30.5. The summed E-state index contributed by atoms with van der Waals surface area (Å²) in [6.07, 6.45) is -2.62. The molecule has 230 valence electrons. The minimum absolute atomic E-state index is 0.0334. The van der Waals surface area contributed by atoms with Crippen molar-refractivity contribution in [1.29, 1.82) is 0 Å². The van der Waals surface area contributed by atoms with Crippen LogP contribution >= 0.6 is 0 Å². The summed E-state index contributed by atoms with van der Waals surface area (Å²) in [4.78, 5) is 23.8. The fourth-order valence-corrected chi connectivity index (χ4v) is 5.67. The molecular formula is C27H31F3N8O4S. The van der Waals surface area contributed by atoms with Gasteiger partial charge in [-0.25, -0.2) is 22.9 Å². The van der Waals surface area contributed by atoms with Gasteiger partial charge in [0.15, 0.2) is 0 Å². The molecule has 0 unspecified atom stereocenters. The number of fused-ring (bicyclic) bond motifs is 4. The van der Waals surface area contributed by atoms with Crippen LogP contribution in [0.15, 0.2) is 53.6 Å². The second-order valence-corrected chi connectivity index (χ2v) is 11.7. The summed E-state index contributed by atoms with van der Waals surface area (Å²) in [5, 5.41) is 11.4. The third-order valence-electron chi connectivity index (χ3n) is 6.83. The molecule has 0 aliphatic carbocycles. The number of carbonyl (C=O) groups excluding carboxylic acids is 1. The molecule has 0 atom stereocenters. The lowest BCUT2D eigenvalue weighted by atomic mass is 10.1. The van der Waals surface area contributed by atoms with E-state index in [2.05, 4.69) is 36.0 Å². The molecule has 4 bridgehead atoms. The molecule has 1 saturated heterocycles. The predicted molar refractivity (Wildman–Crippen MR) is 153 cm³/mol. The predicted octanol–water partition coefficient (Wildman–Crippen LogP) is 3.49. The monoisotopic (exact) mass is 620 g/mol. The van der Waals surface area contributed by atoms with E-state index in [-0.39, 0.29) is 29.6 Å². The number of aromatic nitrogens is 2. The molecule has 3 heterocycles. The van der Waals surface area contributed by atoms with Gasteiger partial charge in [-0.15, -0.1) is 0 Å². The number of benzene rings is 2. The number of rotatable bonds is 5. The van der Waals surface area contributed by atoms with Gasteiger partial charge in [-0.05, 0) is 42.3 Å². The number of ether oxygens (including phenoxy) is 1. The molecule has 2 aromatic carbocycles. The number of hydrogen-bond donors (Lipinski definition) is 5. The Hall–Kier alpha value is -3.99. The van der Waals surface area contributed by atoms with Crippen LogP contribution in [0.1, 0.15) is 23.1 Å². The van der Waals surface area contributed by atoms with E-state index in [9.17, 15) is 26.4 Å². The Balaban J connectivity index is 1.30. The third-order valence-corrected chi connectivity index (χ3v) is 8.28. The second kappa shape index (κ2) is 13.1. The first-order valence-electron chi connectivity index (χ1n) is 13.6. The molecule has 0 saturated carbocycles. The van der Waals surface area contributed by atoms with Crippen LogP contribution in [-0.4, -0.2) is 68.7 Å². The molecule has 0 spiro atoms. The van der Waals surface area contributed by atoms with Gasteiger partial charge in [0.25, 0.3) is 0 Å². The quantitative estimate of drug-likeness (QED) is 0.289. The van der Waals surface area contributed by atoms with E-state index < -0.39 is 27.8 Å². The minimum Gasteiger partial charge on any atom is -0.379 e. The highest BCUT2D eigenvalue weighted by Gasteiger charge is 2.31. The van der Waals surface area contributed by atoms with Gasteiger partial charge in [0.05, 0.1) is 23.7 Å². The molecule has 12 nitrogen and oxygen atoms in total. The molecule has 16 heteroatoms. The maximum atomic E-state index is 13.5. The number of hydrogen-bond acceptors (Lipinski definition) is 9. The molecule has 1 aromatic heterocycles. The molecule has 0 radical (unpaired) electrons. The SMILES string of the molecule is O=C(NCc1cnc2nc1NCCCNS(=O)(=O)c1cccc(c1)N2)Nc1cc(C(F)(F)F)ccc1CN1CCOCC1. The van der Waals surface area contributed by atoms with Crippen molar-refractivity contribution >= 4 is 39.2 Å². The minimum atomic E-state index is -4.57. The maximum Gasteiger partial charge on any atom is 0.416 e. The van der Waals surface area contributed by atoms with Gasteiger partial charge in [-0.2, -0.15) is 18.2 Å². The number of sulfonamides is 1. The number of nitrogens with one attached hydrogen (secondary N) is 5. The van der Waals surface area contributed by atoms with Gasteiger partial charge >= 0.3 is 12.2 Å². The van der Waals surface area contributed by atoms with Crippen molar-refractivity contribution in [3.8, 4) is 0 Å². The summed E-state index contributed by atoms with van der Waals surface area (Å²) in [7, 11) is -3.69. The highest BCUT2D eigenvalue weighted by molar-refractivity contribution is 7.89. The van der Waals surface area contributed by atoms with E-state index in [4.69, 9.17) is 4.74 Å². The number of carbonyl (C=O) groups is 1. The Morgan fingerprint density at radius 2 is 1.88 bits per heavy atom. The fraction of sp³-hybridized carbons (Fsp3) is 0.370. The lowest BCUT2D eigenvalue weighted by Crippen LogP contribution is -2.36. The van der Waals surface area contributed by atoms with E-state index in [1.54, 1.807) is 12.1 Å². The summed E-state index contributed by atoms with van der Waals surface area (Å²) in [5.74, 6) is 0.609. The van der Waals surface area contributed by atoms with Crippen LogP contribution in [0.3, 0.4) is 0 Å². The number of morpholine rings is 1. The summed E-state index contributed by atoms with van der Waals surface area (Å²) in [5.41, 5.74) is 0.717. The normalized spacial score (nSPS) is 17.3. The standard InChI is InChI=1S/C27H31F3N8O4S/c28-27(29,30)20-6-5-18(17-38-9-11-42-12-10-38)23(13-20)36-26(39)33-16-19-15-32-25-35-21-3-1-4-22(14-21)43(40,41)34-8-2-7-31-24(19)37-25/h1,3-6,13-15,34H,2,7-12,16-17H2,(H2,33,36,39)(H2,31,32,35,37). The Morgan fingerprint density at radius 3 is 2.67 bits per heavy atom. The van der Waals surface area contributed by atoms with E-state index >= 15 is 0 Å². The van der Waals surface area contributed by atoms with Crippen LogP contribution in [0.2, 0.25) is 0 Å². The number of amides is 2. The van der Waals surface area contributed by atoms with Crippen molar-refractivity contribution in [3.63, 3.8) is 0 Å². The molecule has 1 fully saturated rings. The van der Waals surface area contributed by atoms with Crippen LogP contribution < -0.4 is 26.0 Å². The van der Waals surface area contributed by atoms with E-state index in [1.807, 2.05) is 4.90 Å². The summed E-state index contributed by atoms with van der Waals surface area (Å²) >= 11 is 0. The highest BCUT2D eigenvalue weighted by Crippen LogP contribution is 2.33. The molecule has 2 amide bonds. The lowest BCUT2D eigenvalue weighted by molar-refractivity contribution is -0.137. The number of nitrogens with zero attached hydrogens (tertiary/aromatic N) is 3. The number of urea groups is 1. The molecule has 2 aliphatic heterocycles. The van der Waals surface area contributed by atoms with Gasteiger partial charge in [0, 0.05) is 62.4 Å². The van der Waals surface area contributed by atoms with Crippen molar-refractivity contribution in [2.24, 2.45) is 0 Å². The first-order chi connectivity index (χ1) is 20.6. The van der Waals surface area contributed by atoms with Gasteiger partial charge in [0.1, 0.15) is 5.82 Å². The Kier molecular flexibility index (Phi) is 9.29. The van der Waals surface area contributed by atoms with Crippen LogP contribution in [0, 0.1) is 0 Å². The third kappa shape index (κ3) is 8.10. The average molecular weight is 621 g/mol. The van der Waals surface area contributed by atoms with E-state index in [1.165, 1.54) is 24.4 Å². The van der Waals surface area contributed by atoms with Crippen LogP contribution in [0.25, 0.3) is 0 Å². The molecule has 5 rings (SSSR count). The Morgan fingerprint density at radius 1 is 1.07 bits per heavy atom. The molecule has 5 N–H and O–H groups in total. The Bertz CT molecular complexity index is 1570. The van der Waals surface area contributed by atoms with Crippen LogP contribution in [0.4, 0.5) is 41.1 Å². The molecular weight excluding hydrogens is 589 g/mol. The zero-order valence-electron chi connectivity index (χ0n) is 23.0. The van der Waals surface area contributed by atoms with Gasteiger partial charge in [-0.1, -0.05) is 12.1 Å². The maximum absolute atomic E-state index is 13.5. The highest BCUT2D eigenvalue weighted by atomic mass is 32.2. The fourth-order valence-electron chi connectivity index (χ4n) is 4.55. The lowest BCUT2D eigenvalue weighted by Gasteiger charge is -2.27. The first-order valence-corrected chi connectivity index (χ1v) is 15.1. The van der Waals surface area contributed by atoms with Gasteiger partial charge < -0.3 is 26.0 Å². The molecule has 43 heavy (non-hydrogen) atoms. The van der Waals surface area contributed by atoms with Crippen molar-refractivity contribution in [2.75, 3.05) is 55.3 Å². The van der Waals surface area contributed by atoms with Crippen molar-refractivity contribution < 1.29 is 31.1 Å². The summed E-state index contributed by atoms with van der Waals surface area (Å²) in [6, 6.07) is 8.85. The largest absolute Gasteiger partial charge is 0.416 e. The van der Waals surface area contributed by atoms with E-state index in [0.29, 0.717) is 68.4 Å². The summed E-state index contributed by atoms with van der Waals surface area (Å²) in [6.45, 7) is 3.18. The number of alkyl halides is 3. The Labute approximate surface area is 246 Å². The van der Waals surface area contributed by atoms with E-state index in [0.717, 1.165) is 12.1 Å². The number of halogens is 3. The topological polar surface area (TPSA) is 150 Å². The smallest absolute Gasteiger partial charge is 0.379 e. The molecule has 3 aromatic rings.